The molecule has 0 amide bonds. The number of Topliss-reactive ketones (excluding diaryl/α,β-unsaturated/α-hetero) is 1. The third-order valence-electron chi connectivity index (χ3n) is 3.64. The normalized spacial score (nSPS) is 14.1. The van der Waals surface area contributed by atoms with Crippen LogP contribution in [0.4, 0.5) is 0 Å². The van der Waals surface area contributed by atoms with Gasteiger partial charge in [-0.2, -0.15) is 0 Å². The number of fused-ring (bicyclic) bond motifs is 2. The Morgan fingerprint density at radius 2 is 2.10 bits per heavy atom. The van der Waals surface area contributed by atoms with Gasteiger partial charge in [0.1, 0.15) is 11.4 Å². The van der Waals surface area contributed by atoms with E-state index in [4.69, 9.17) is 4.74 Å². The van der Waals surface area contributed by atoms with Gasteiger partial charge in [0.15, 0.2) is 5.78 Å². The molecule has 0 fully saturated rings. The summed E-state index contributed by atoms with van der Waals surface area (Å²) >= 11 is 0. The molecule has 1 aliphatic rings. The fourth-order valence-corrected chi connectivity index (χ4v) is 2.64. The molecule has 0 spiro atoms. The average molecular weight is 264 g/mol. The van der Waals surface area contributed by atoms with Crippen LogP contribution in [0.3, 0.4) is 0 Å². The van der Waals surface area contributed by atoms with Crippen LogP contribution in [0, 0.1) is 0 Å². The van der Waals surface area contributed by atoms with E-state index in [2.05, 4.69) is 9.97 Å². The third-order valence-corrected chi connectivity index (χ3v) is 3.64. The fraction of sp³-hybridized carbons (Fsp3) is 0.125. The van der Waals surface area contributed by atoms with Crippen molar-refractivity contribution in [2.45, 2.75) is 6.42 Å². The molecule has 1 N–H and O–H groups in total. The number of nitrogens with one attached hydrogen (secondary N) is 1. The quantitative estimate of drug-likeness (QED) is 0.734. The number of carbonyl (C=O) groups is 1. The van der Waals surface area contributed by atoms with Crippen LogP contribution in [-0.2, 0) is 0 Å². The highest BCUT2D eigenvalue weighted by Gasteiger charge is 2.19. The number of carbonyl (C=O) groups excluding carboxylic acids is 1. The van der Waals surface area contributed by atoms with Gasteiger partial charge in [0.05, 0.1) is 12.2 Å². The minimum Gasteiger partial charge on any atom is -0.492 e. The first-order valence-corrected chi connectivity index (χ1v) is 6.55. The lowest BCUT2D eigenvalue weighted by Crippen LogP contribution is -2.15. The maximum Gasteiger partial charge on any atom is 0.169 e. The van der Waals surface area contributed by atoms with Gasteiger partial charge in [0.2, 0.25) is 0 Å². The molecule has 2 aromatic heterocycles. The van der Waals surface area contributed by atoms with E-state index in [9.17, 15) is 4.79 Å². The van der Waals surface area contributed by atoms with Gasteiger partial charge in [-0.05, 0) is 35.4 Å². The van der Waals surface area contributed by atoms with Gasteiger partial charge in [-0.3, -0.25) is 4.79 Å². The number of H-pyrrole nitrogens is 1. The predicted octanol–water partition coefficient (Wildman–Crippen LogP) is 3.20. The van der Waals surface area contributed by atoms with Crippen LogP contribution < -0.4 is 4.74 Å². The molecule has 1 aromatic carbocycles. The monoisotopic (exact) mass is 264 g/mol. The van der Waals surface area contributed by atoms with E-state index < -0.39 is 0 Å². The van der Waals surface area contributed by atoms with E-state index in [-0.39, 0.29) is 5.78 Å². The zero-order chi connectivity index (χ0) is 13.5. The number of aromatic amines is 1. The number of ether oxygens (including phenoxy) is 1. The van der Waals surface area contributed by atoms with Gasteiger partial charge < -0.3 is 9.72 Å². The molecule has 3 heterocycles. The van der Waals surface area contributed by atoms with Gasteiger partial charge >= 0.3 is 0 Å². The van der Waals surface area contributed by atoms with Crippen LogP contribution in [0.2, 0.25) is 0 Å². The summed E-state index contributed by atoms with van der Waals surface area (Å²) in [5.41, 5.74) is 3.66. The van der Waals surface area contributed by atoms with E-state index in [0.717, 1.165) is 22.2 Å². The number of pyridine rings is 1. The lowest BCUT2D eigenvalue weighted by atomic mass is 9.98. The SMILES string of the molecule is O=C1CCOc2cc(-c3ccnc4[nH]ccc34)ccc21. The van der Waals surface area contributed by atoms with Crippen molar-refractivity contribution >= 4 is 16.8 Å². The zero-order valence-electron chi connectivity index (χ0n) is 10.7. The highest BCUT2D eigenvalue weighted by molar-refractivity contribution is 6.01. The van der Waals surface area contributed by atoms with Gasteiger partial charge in [0.25, 0.3) is 0 Å². The summed E-state index contributed by atoms with van der Waals surface area (Å²) in [6.45, 7) is 0.463. The number of ketones is 1. The van der Waals surface area contributed by atoms with Gasteiger partial charge in [-0.25, -0.2) is 4.98 Å². The predicted molar refractivity (Wildman–Crippen MR) is 76.0 cm³/mol. The Labute approximate surface area is 115 Å². The second-order valence-electron chi connectivity index (χ2n) is 4.83. The summed E-state index contributed by atoms with van der Waals surface area (Å²) in [4.78, 5) is 19.2. The molecule has 4 heteroatoms. The van der Waals surface area contributed by atoms with Crippen molar-refractivity contribution in [1.82, 2.24) is 9.97 Å². The molecule has 20 heavy (non-hydrogen) atoms. The molecule has 3 aromatic rings. The van der Waals surface area contributed by atoms with Crippen molar-refractivity contribution in [2.24, 2.45) is 0 Å². The van der Waals surface area contributed by atoms with Crippen LogP contribution in [0.1, 0.15) is 16.8 Å². The van der Waals surface area contributed by atoms with Gasteiger partial charge in [-0.15, -0.1) is 0 Å². The molecule has 0 saturated carbocycles. The van der Waals surface area contributed by atoms with E-state index in [0.29, 0.717) is 24.3 Å². The molecule has 98 valence electrons. The first kappa shape index (κ1) is 11.2. The summed E-state index contributed by atoms with van der Waals surface area (Å²) < 4.78 is 5.61. The van der Waals surface area contributed by atoms with Crippen LogP contribution in [0.15, 0.2) is 42.7 Å². The summed E-state index contributed by atoms with van der Waals surface area (Å²) in [6, 6.07) is 9.73. The molecule has 0 bridgehead atoms. The van der Waals surface area contributed by atoms with Gasteiger partial charge in [0, 0.05) is 24.2 Å². The Balaban J connectivity index is 1.91. The highest BCUT2D eigenvalue weighted by Crippen LogP contribution is 2.33. The molecular formula is C16H12N2O2. The first-order valence-electron chi connectivity index (χ1n) is 6.55. The minimum atomic E-state index is 0.152. The lowest BCUT2D eigenvalue weighted by molar-refractivity contribution is 0.0933. The minimum absolute atomic E-state index is 0.152. The lowest BCUT2D eigenvalue weighted by Gasteiger charge is -2.17. The van der Waals surface area contributed by atoms with Crippen molar-refractivity contribution in [2.75, 3.05) is 6.61 Å². The van der Waals surface area contributed by atoms with Crippen LogP contribution in [-0.4, -0.2) is 22.4 Å². The summed E-state index contributed by atoms with van der Waals surface area (Å²) in [5.74, 6) is 0.832. The number of hydrogen-bond donors (Lipinski definition) is 1. The molecule has 0 radical (unpaired) electrons. The number of rotatable bonds is 1. The molecule has 0 atom stereocenters. The van der Waals surface area contributed by atoms with Crippen molar-refractivity contribution < 1.29 is 9.53 Å². The Morgan fingerprint density at radius 1 is 1.15 bits per heavy atom. The number of aromatic nitrogens is 2. The number of hydrogen-bond acceptors (Lipinski definition) is 3. The Hall–Kier alpha value is -2.62. The zero-order valence-corrected chi connectivity index (χ0v) is 10.7. The summed E-state index contributed by atoms with van der Waals surface area (Å²) in [7, 11) is 0. The molecule has 0 saturated heterocycles. The maximum atomic E-state index is 11.8. The van der Waals surface area contributed by atoms with Crippen LogP contribution >= 0.6 is 0 Å². The summed E-state index contributed by atoms with van der Waals surface area (Å²) in [5, 5.41) is 1.06. The van der Waals surface area contributed by atoms with Crippen molar-refractivity contribution in [1.29, 1.82) is 0 Å². The molecule has 0 unspecified atom stereocenters. The first-order chi connectivity index (χ1) is 9.83. The topological polar surface area (TPSA) is 55.0 Å². The Morgan fingerprint density at radius 3 is 3.05 bits per heavy atom. The molecule has 4 rings (SSSR count). The third kappa shape index (κ3) is 1.61. The Kier molecular flexibility index (Phi) is 2.36. The molecule has 4 nitrogen and oxygen atoms in total. The standard InChI is InChI=1S/C16H12N2O2/c19-14-5-8-20-15-9-10(1-2-13(14)15)11-3-6-17-16-12(11)4-7-18-16/h1-4,6-7,9H,5,8H2,(H,17,18). The smallest absolute Gasteiger partial charge is 0.169 e. The largest absolute Gasteiger partial charge is 0.492 e. The van der Waals surface area contributed by atoms with E-state index >= 15 is 0 Å². The second-order valence-corrected chi connectivity index (χ2v) is 4.83. The number of nitrogens with zero attached hydrogens (tertiary/aromatic N) is 1. The van der Waals surface area contributed by atoms with Crippen molar-refractivity contribution in [3.63, 3.8) is 0 Å². The van der Waals surface area contributed by atoms with Crippen LogP contribution in [0.5, 0.6) is 5.75 Å². The second kappa shape index (κ2) is 4.20. The van der Waals surface area contributed by atoms with Crippen LogP contribution in [0.25, 0.3) is 22.2 Å². The average Bonchev–Trinajstić information content (AvgIpc) is 2.95. The highest BCUT2D eigenvalue weighted by atomic mass is 16.5. The van der Waals surface area contributed by atoms with Crippen molar-refractivity contribution in [3.8, 4) is 16.9 Å². The number of benzene rings is 1. The molecule has 0 aliphatic carbocycles. The summed E-state index contributed by atoms with van der Waals surface area (Å²) in [6.07, 6.45) is 4.11. The van der Waals surface area contributed by atoms with Crippen molar-refractivity contribution in [3.05, 3.63) is 48.3 Å². The van der Waals surface area contributed by atoms with E-state index in [1.54, 1.807) is 6.20 Å². The Bertz CT molecular complexity index is 820. The van der Waals surface area contributed by atoms with Gasteiger partial charge in [-0.1, -0.05) is 6.07 Å². The maximum absolute atomic E-state index is 11.8. The molecule has 1 aliphatic heterocycles. The van der Waals surface area contributed by atoms with E-state index in [1.165, 1.54) is 0 Å². The fourth-order valence-electron chi connectivity index (χ4n) is 2.64. The van der Waals surface area contributed by atoms with E-state index in [1.807, 2.05) is 36.5 Å². The molecular weight excluding hydrogens is 252 g/mol.